The van der Waals surface area contributed by atoms with Gasteiger partial charge in [0.25, 0.3) is 5.91 Å². The zero-order chi connectivity index (χ0) is 16.4. The van der Waals surface area contributed by atoms with Gasteiger partial charge < -0.3 is 4.90 Å². The maximum atomic E-state index is 13.0. The van der Waals surface area contributed by atoms with Gasteiger partial charge in [0.1, 0.15) is 0 Å². The lowest BCUT2D eigenvalue weighted by Crippen LogP contribution is -2.37. The van der Waals surface area contributed by atoms with Crippen molar-refractivity contribution in [1.29, 1.82) is 0 Å². The van der Waals surface area contributed by atoms with E-state index >= 15 is 0 Å². The lowest BCUT2D eigenvalue weighted by Gasteiger charge is -2.25. The van der Waals surface area contributed by atoms with Crippen molar-refractivity contribution in [1.82, 2.24) is 4.90 Å². The van der Waals surface area contributed by atoms with Gasteiger partial charge in [-0.15, -0.1) is 0 Å². The van der Waals surface area contributed by atoms with Gasteiger partial charge in [-0.2, -0.15) is 0 Å². The average molecular weight is 307 g/mol. The van der Waals surface area contributed by atoms with Gasteiger partial charge in [0.2, 0.25) is 0 Å². The van der Waals surface area contributed by atoms with Gasteiger partial charge >= 0.3 is 0 Å². The van der Waals surface area contributed by atoms with Crippen molar-refractivity contribution in [3.63, 3.8) is 0 Å². The highest BCUT2D eigenvalue weighted by atomic mass is 16.2. The number of carbonyl (C=O) groups is 1. The van der Waals surface area contributed by atoms with Gasteiger partial charge in [-0.25, -0.2) is 0 Å². The highest BCUT2D eigenvalue weighted by Crippen LogP contribution is 2.36. The standard InChI is InChI=1S/C21H25NO/c1-16-9-11-18(12-10-16)20(23)22-15-21(2,3)14-19(22)13-17-7-5-4-6-8-17/h4-12,19H,13-15H2,1-3H3. The Morgan fingerprint density at radius 3 is 2.39 bits per heavy atom. The predicted octanol–water partition coefficient (Wildman–Crippen LogP) is 4.48. The maximum absolute atomic E-state index is 13.0. The highest BCUT2D eigenvalue weighted by molar-refractivity contribution is 5.94. The van der Waals surface area contributed by atoms with Crippen LogP contribution in [0.5, 0.6) is 0 Å². The molecule has 2 heteroatoms. The molecule has 0 radical (unpaired) electrons. The van der Waals surface area contributed by atoms with Crippen molar-refractivity contribution >= 4 is 5.91 Å². The first-order chi connectivity index (χ1) is 10.9. The van der Waals surface area contributed by atoms with Crippen LogP contribution in [-0.2, 0) is 6.42 Å². The third kappa shape index (κ3) is 3.64. The second-order valence-electron chi connectivity index (χ2n) is 7.51. The first kappa shape index (κ1) is 15.8. The number of aryl methyl sites for hydroxylation is 1. The lowest BCUT2D eigenvalue weighted by atomic mass is 9.89. The number of rotatable bonds is 3. The van der Waals surface area contributed by atoms with Crippen LogP contribution in [0.25, 0.3) is 0 Å². The zero-order valence-electron chi connectivity index (χ0n) is 14.3. The third-order valence-corrected chi connectivity index (χ3v) is 4.70. The molecule has 0 aromatic heterocycles. The molecule has 1 saturated heterocycles. The number of hydrogen-bond acceptors (Lipinski definition) is 1. The molecule has 0 saturated carbocycles. The molecule has 2 aromatic rings. The topological polar surface area (TPSA) is 20.3 Å². The molecule has 0 N–H and O–H groups in total. The summed E-state index contributed by atoms with van der Waals surface area (Å²) in [5.41, 5.74) is 3.46. The summed E-state index contributed by atoms with van der Waals surface area (Å²) in [4.78, 5) is 15.1. The van der Waals surface area contributed by atoms with Crippen LogP contribution in [0, 0.1) is 12.3 Å². The summed E-state index contributed by atoms with van der Waals surface area (Å²) >= 11 is 0. The fourth-order valence-corrected chi connectivity index (χ4v) is 3.57. The highest BCUT2D eigenvalue weighted by Gasteiger charge is 2.40. The fraction of sp³-hybridized carbons (Fsp3) is 0.381. The molecule has 3 rings (SSSR count). The minimum absolute atomic E-state index is 0.163. The van der Waals surface area contributed by atoms with E-state index in [0.717, 1.165) is 24.9 Å². The molecule has 0 spiro atoms. The van der Waals surface area contributed by atoms with Crippen molar-refractivity contribution in [2.45, 2.75) is 39.7 Å². The summed E-state index contributed by atoms with van der Waals surface area (Å²) in [5.74, 6) is 0.163. The van der Waals surface area contributed by atoms with E-state index in [0.29, 0.717) is 0 Å². The third-order valence-electron chi connectivity index (χ3n) is 4.70. The monoisotopic (exact) mass is 307 g/mol. The first-order valence-electron chi connectivity index (χ1n) is 8.36. The van der Waals surface area contributed by atoms with Crippen LogP contribution in [0.15, 0.2) is 54.6 Å². The van der Waals surface area contributed by atoms with Crippen LogP contribution in [0.2, 0.25) is 0 Å². The van der Waals surface area contributed by atoms with Crippen LogP contribution in [0.4, 0.5) is 0 Å². The molecule has 2 nitrogen and oxygen atoms in total. The molecule has 1 aliphatic heterocycles. The van der Waals surface area contributed by atoms with Crippen LogP contribution < -0.4 is 0 Å². The Labute approximate surface area is 139 Å². The number of nitrogens with zero attached hydrogens (tertiary/aromatic N) is 1. The molecule has 1 unspecified atom stereocenters. The van der Waals surface area contributed by atoms with E-state index in [1.54, 1.807) is 0 Å². The Morgan fingerprint density at radius 1 is 1.09 bits per heavy atom. The Bertz CT molecular complexity index is 673. The normalized spacial score (nSPS) is 19.8. The Hall–Kier alpha value is -2.09. The molecule has 0 bridgehead atoms. The SMILES string of the molecule is Cc1ccc(C(=O)N2CC(C)(C)CC2Cc2ccccc2)cc1. The zero-order valence-corrected chi connectivity index (χ0v) is 14.3. The maximum Gasteiger partial charge on any atom is 0.254 e. The molecule has 1 heterocycles. The Balaban J connectivity index is 1.82. The predicted molar refractivity (Wildman–Crippen MR) is 94.5 cm³/mol. The lowest BCUT2D eigenvalue weighted by molar-refractivity contribution is 0.0726. The van der Waals surface area contributed by atoms with Crippen LogP contribution in [-0.4, -0.2) is 23.4 Å². The summed E-state index contributed by atoms with van der Waals surface area (Å²) in [6.45, 7) is 7.39. The van der Waals surface area contributed by atoms with Gasteiger partial charge in [0, 0.05) is 18.2 Å². The molecule has 2 aromatic carbocycles. The van der Waals surface area contributed by atoms with E-state index in [2.05, 4.69) is 43.0 Å². The second kappa shape index (κ2) is 6.19. The van der Waals surface area contributed by atoms with Crippen molar-refractivity contribution in [2.24, 2.45) is 5.41 Å². The molecule has 1 fully saturated rings. The summed E-state index contributed by atoms with van der Waals surface area (Å²) in [6.07, 6.45) is 1.99. The van der Waals surface area contributed by atoms with E-state index < -0.39 is 0 Å². The van der Waals surface area contributed by atoms with E-state index in [4.69, 9.17) is 0 Å². The minimum Gasteiger partial charge on any atom is -0.335 e. The quantitative estimate of drug-likeness (QED) is 0.819. The van der Waals surface area contributed by atoms with Crippen LogP contribution in [0.3, 0.4) is 0 Å². The molecule has 1 amide bonds. The number of carbonyl (C=O) groups excluding carboxylic acids is 1. The van der Waals surface area contributed by atoms with Gasteiger partial charge in [0.15, 0.2) is 0 Å². The smallest absolute Gasteiger partial charge is 0.254 e. The van der Waals surface area contributed by atoms with Gasteiger partial charge in [-0.3, -0.25) is 4.79 Å². The van der Waals surface area contributed by atoms with Crippen molar-refractivity contribution in [3.05, 3.63) is 71.3 Å². The summed E-state index contributed by atoms with van der Waals surface area (Å²) in [7, 11) is 0. The van der Waals surface area contributed by atoms with E-state index in [9.17, 15) is 4.79 Å². The molecule has 1 atom stereocenters. The number of amides is 1. The molecular formula is C21H25NO. The minimum atomic E-state index is 0.163. The molecule has 1 aliphatic rings. The van der Waals surface area contributed by atoms with Crippen LogP contribution >= 0.6 is 0 Å². The molecule has 120 valence electrons. The molecule has 0 aliphatic carbocycles. The first-order valence-corrected chi connectivity index (χ1v) is 8.36. The summed E-state index contributed by atoms with van der Waals surface area (Å²) in [5, 5.41) is 0. The Kier molecular flexibility index (Phi) is 4.25. The van der Waals surface area contributed by atoms with Crippen LogP contribution in [0.1, 0.15) is 41.8 Å². The number of benzene rings is 2. The number of hydrogen-bond donors (Lipinski definition) is 0. The fourth-order valence-electron chi connectivity index (χ4n) is 3.57. The summed E-state index contributed by atoms with van der Waals surface area (Å²) in [6, 6.07) is 18.7. The van der Waals surface area contributed by atoms with Crippen molar-refractivity contribution in [2.75, 3.05) is 6.54 Å². The number of likely N-dealkylation sites (tertiary alicyclic amines) is 1. The van der Waals surface area contributed by atoms with Gasteiger partial charge in [-0.05, 0) is 42.9 Å². The summed E-state index contributed by atoms with van der Waals surface area (Å²) < 4.78 is 0. The Morgan fingerprint density at radius 2 is 1.74 bits per heavy atom. The van der Waals surface area contributed by atoms with Crippen molar-refractivity contribution in [3.8, 4) is 0 Å². The van der Waals surface area contributed by atoms with Crippen molar-refractivity contribution < 1.29 is 4.79 Å². The van der Waals surface area contributed by atoms with Gasteiger partial charge in [0.05, 0.1) is 0 Å². The second-order valence-corrected chi connectivity index (χ2v) is 7.51. The molecular weight excluding hydrogens is 282 g/mol. The largest absolute Gasteiger partial charge is 0.335 e. The van der Waals surface area contributed by atoms with E-state index in [-0.39, 0.29) is 17.4 Å². The van der Waals surface area contributed by atoms with E-state index in [1.807, 2.05) is 37.3 Å². The average Bonchev–Trinajstić information content (AvgIpc) is 2.83. The van der Waals surface area contributed by atoms with E-state index in [1.165, 1.54) is 11.1 Å². The van der Waals surface area contributed by atoms with Gasteiger partial charge in [-0.1, -0.05) is 61.9 Å². The molecule has 23 heavy (non-hydrogen) atoms.